The predicted octanol–water partition coefficient (Wildman–Crippen LogP) is 4.72. The van der Waals surface area contributed by atoms with Crippen LogP contribution in [0.15, 0.2) is 48.5 Å². The number of aryl methyl sites for hydroxylation is 1. The second-order valence-corrected chi connectivity index (χ2v) is 7.68. The minimum Gasteiger partial charge on any atom is -0.297 e. The maximum Gasteiger partial charge on any atom is 0.269 e. The van der Waals surface area contributed by atoms with Crippen molar-refractivity contribution in [1.29, 1.82) is 0 Å². The molecule has 122 valence electrons. The fourth-order valence-corrected chi connectivity index (χ4v) is 4.85. The molecule has 0 saturated heterocycles. The van der Waals surface area contributed by atoms with Crippen LogP contribution < -0.4 is 5.32 Å². The number of rotatable bonds is 2. The average molecular weight is 364 g/mol. The third-order valence-corrected chi connectivity index (χ3v) is 6.20. The van der Waals surface area contributed by atoms with Crippen LogP contribution in [0.3, 0.4) is 0 Å². The van der Waals surface area contributed by atoms with Gasteiger partial charge in [-0.3, -0.25) is 14.5 Å². The number of hydrogen-bond acceptors (Lipinski definition) is 5. The van der Waals surface area contributed by atoms with Crippen molar-refractivity contribution in [2.45, 2.75) is 6.92 Å². The molecule has 1 amide bonds. The summed E-state index contributed by atoms with van der Waals surface area (Å²) in [7, 11) is 0. The van der Waals surface area contributed by atoms with E-state index in [4.69, 9.17) is 0 Å². The van der Waals surface area contributed by atoms with E-state index in [0.29, 0.717) is 10.0 Å². The molecule has 0 unspecified atom stereocenters. The third kappa shape index (κ3) is 2.24. The molecule has 0 aliphatic heterocycles. The summed E-state index contributed by atoms with van der Waals surface area (Å²) in [6.45, 7) is 1.95. The largest absolute Gasteiger partial charge is 0.297 e. The lowest BCUT2D eigenvalue weighted by Gasteiger charge is -2.00. The molecule has 0 atom stereocenters. The molecule has 0 saturated carbocycles. The number of amides is 1. The summed E-state index contributed by atoms with van der Waals surface area (Å²) in [5.74, 6) is -0.142. The monoisotopic (exact) mass is 364 g/mol. The normalized spacial score (nSPS) is 11.6. The van der Waals surface area contributed by atoms with E-state index in [-0.39, 0.29) is 5.91 Å². The van der Waals surface area contributed by atoms with Crippen molar-refractivity contribution in [2.75, 3.05) is 5.32 Å². The maximum atomic E-state index is 12.7. The lowest BCUT2D eigenvalue weighted by atomic mass is 10.3. The van der Waals surface area contributed by atoms with Gasteiger partial charge in [0.05, 0.1) is 21.3 Å². The van der Waals surface area contributed by atoms with Gasteiger partial charge in [0.15, 0.2) is 10.1 Å². The summed E-state index contributed by atoms with van der Waals surface area (Å²) in [6, 6.07) is 15.8. The Morgan fingerprint density at radius 2 is 1.76 bits per heavy atom. The molecule has 0 aliphatic carbocycles. The minimum absolute atomic E-state index is 0.142. The first kappa shape index (κ1) is 14.6. The number of hydrogen-bond donors (Lipinski definition) is 1. The van der Waals surface area contributed by atoms with Gasteiger partial charge in [0.1, 0.15) is 4.88 Å². The van der Waals surface area contributed by atoms with Crippen molar-refractivity contribution in [3.8, 4) is 0 Å². The molecule has 5 aromatic rings. The summed E-state index contributed by atoms with van der Waals surface area (Å²) >= 11 is 2.88. The number of nitrogens with zero attached hydrogens (tertiary/aromatic N) is 3. The summed E-state index contributed by atoms with van der Waals surface area (Å²) in [5.41, 5.74) is 3.75. The Bertz CT molecular complexity index is 1230. The Morgan fingerprint density at radius 1 is 1.00 bits per heavy atom. The number of nitrogens with one attached hydrogen (secondary N) is 1. The van der Waals surface area contributed by atoms with Crippen molar-refractivity contribution in [3.05, 3.63) is 59.1 Å². The van der Waals surface area contributed by atoms with Crippen LogP contribution in [0.5, 0.6) is 0 Å². The van der Waals surface area contributed by atoms with Gasteiger partial charge >= 0.3 is 0 Å². The number of imidazole rings is 1. The zero-order valence-corrected chi connectivity index (χ0v) is 14.8. The zero-order chi connectivity index (χ0) is 17.0. The molecule has 0 bridgehead atoms. The van der Waals surface area contributed by atoms with E-state index in [1.165, 1.54) is 22.7 Å². The zero-order valence-electron chi connectivity index (χ0n) is 13.2. The van der Waals surface area contributed by atoms with Crippen LogP contribution in [0.1, 0.15) is 15.4 Å². The second-order valence-electron chi connectivity index (χ2n) is 5.68. The highest BCUT2D eigenvalue weighted by molar-refractivity contribution is 7.22. The predicted molar refractivity (Wildman–Crippen MR) is 103 cm³/mol. The molecule has 2 aromatic carbocycles. The Hall–Kier alpha value is -2.77. The van der Waals surface area contributed by atoms with E-state index in [0.717, 1.165) is 31.9 Å². The molecular formula is C18H12N4OS2. The minimum atomic E-state index is -0.142. The van der Waals surface area contributed by atoms with Crippen LogP contribution in [0.4, 0.5) is 5.13 Å². The van der Waals surface area contributed by atoms with Gasteiger partial charge in [0.25, 0.3) is 5.91 Å². The highest BCUT2D eigenvalue weighted by Crippen LogP contribution is 2.30. The van der Waals surface area contributed by atoms with E-state index >= 15 is 0 Å². The number of benzene rings is 2. The molecular weight excluding hydrogens is 352 g/mol. The first-order chi connectivity index (χ1) is 12.2. The Kier molecular flexibility index (Phi) is 3.13. The third-order valence-electron chi connectivity index (χ3n) is 4.11. The van der Waals surface area contributed by atoms with E-state index in [2.05, 4.69) is 15.3 Å². The highest BCUT2D eigenvalue weighted by atomic mass is 32.1. The first-order valence-corrected chi connectivity index (χ1v) is 9.37. The Labute approximate surface area is 150 Å². The van der Waals surface area contributed by atoms with Crippen LogP contribution in [0.25, 0.3) is 26.2 Å². The first-order valence-electron chi connectivity index (χ1n) is 7.74. The van der Waals surface area contributed by atoms with Crippen LogP contribution in [0.2, 0.25) is 0 Å². The summed E-state index contributed by atoms with van der Waals surface area (Å²) in [6.07, 6.45) is 0. The molecule has 5 nitrogen and oxygen atoms in total. The van der Waals surface area contributed by atoms with Gasteiger partial charge in [-0.25, -0.2) is 9.97 Å². The topological polar surface area (TPSA) is 59.3 Å². The summed E-state index contributed by atoms with van der Waals surface area (Å²) < 4.78 is 3.09. The van der Waals surface area contributed by atoms with Gasteiger partial charge in [-0.05, 0) is 31.2 Å². The number of carbonyl (C=O) groups is 1. The number of fused-ring (bicyclic) bond motifs is 4. The van der Waals surface area contributed by atoms with Crippen LogP contribution in [0, 0.1) is 6.92 Å². The average Bonchev–Trinajstić information content (AvgIpc) is 3.26. The smallest absolute Gasteiger partial charge is 0.269 e. The fraction of sp³-hybridized carbons (Fsp3) is 0.0556. The van der Waals surface area contributed by atoms with Crippen LogP contribution in [-0.2, 0) is 0 Å². The van der Waals surface area contributed by atoms with Crippen molar-refractivity contribution in [1.82, 2.24) is 14.4 Å². The van der Waals surface area contributed by atoms with E-state index in [1.54, 1.807) is 0 Å². The Balaban J connectivity index is 1.55. The highest BCUT2D eigenvalue weighted by Gasteiger charge is 2.19. The van der Waals surface area contributed by atoms with Crippen molar-refractivity contribution in [2.24, 2.45) is 0 Å². The number of anilines is 1. The number of para-hydroxylation sites is 3. The Morgan fingerprint density at radius 3 is 2.60 bits per heavy atom. The molecule has 25 heavy (non-hydrogen) atoms. The van der Waals surface area contributed by atoms with Crippen LogP contribution in [-0.4, -0.2) is 20.3 Å². The SMILES string of the molecule is Cc1c(C(=O)Nc2nc3ccccc3s2)sc2nc3ccccc3n12. The standard InChI is InChI=1S/C18H12N4OS2/c1-10-15(25-18-20-11-6-2-4-8-13(11)22(10)18)16(23)21-17-19-12-7-3-5-9-14(12)24-17/h2-9H,1H3,(H,19,21,23). The van der Waals surface area contributed by atoms with Gasteiger partial charge in [-0.1, -0.05) is 46.9 Å². The van der Waals surface area contributed by atoms with Crippen molar-refractivity contribution in [3.63, 3.8) is 0 Å². The van der Waals surface area contributed by atoms with E-state index < -0.39 is 0 Å². The molecule has 3 heterocycles. The van der Waals surface area contributed by atoms with Gasteiger partial charge in [-0.15, -0.1) is 0 Å². The van der Waals surface area contributed by atoms with Crippen molar-refractivity contribution >= 4 is 59.9 Å². The summed E-state index contributed by atoms with van der Waals surface area (Å²) in [4.78, 5) is 23.3. The molecule has 1 N–H and O–H groups in total. The molecule has 3 aromatic heterocycles. The summed E-state index contributed by atoms with van der Waals surface area (Å²) in [5, 5.41) is 3.54. The molecule has 0 fully saturated rings. The van der Waals surface area contributed by atoms with Crippen molar-refractivity contribution < 1.29 is 4.79 Å². The number of aromatic nitrogens is 3. The molecule has 5 rings (SSSR count). The molecule has 0 radical (unpaired) electrons. The van der Waals surface area contributed by atoms with Gasteiger partial charge < -0.3 is 0 Å². The lowest BCUT2D eigenvalue weighted by molar-refractivity contribution is 0.102. The number of carbonyl (C=O) groups excluding carboxylic acids is 1. The molecule has 0 aliphatic rings. The molecule has 0 spiro atoms. The lowest BCUT2D eigenvalue weighted by Crippen LogP contribution is -2.11. The van der Waals surface area contributed by atoms with E-state index in [9.17, 15) is 4.79 Å². The maximum absolute atomic E-state index is 12.7. The molecule has 7 heteroatoms. The van der Waals surface area contributed by atoms with Gasteiger partial charge in [0, 0.05) is 5.69 Å². The van der Waals surface area contributed by atoms with E-state index in [1.807, 2.05) is 59.9 Å². The van der Waals surface area contributed by atoms with Gasteiger partial charge in [0.2, 0.25) is 0 Å². The fourth-order valence-electron chi connectivity index (χ4n) is 2.95. The second kappa shape index (κ2) is 5.37. The van der Waals surface area contributed by atoms with Gasteiger partial charge in [-0.2, -0.15) is 0 Å². The number of thiazole rings is 2. The van der Waals surface area contributed by atoms with Crippen LogP contribution >= 0.6 is 22.7 Å². The quantitative estimate of drug-likeness (QED) is 0.493.